The number of piperazine rings is 1. The number of anilines is 3. The highest BCUT2D eigenvalue weighted by Crippen LogP contribution is 2.31. The first-order valence-corrected chi connectivity index (χ1v) is 13.4. The van der Waals surface area contributed by atoms with E-state index in [9.17, 15) is 9.18 Å². The first-order chi connectivity index (χ1) is 19.2. The molecule has 4 heterocycles. The minimum Gasteiger partial charge on any atom is -0.368 e. The second-order valence-electron chi connectivity index (χ2n) is 10.7. The van der Waals surface area contributed by atoms with E-state index in [4.69, 9.17) is 4.98 Å². The average molecular weight is 544 g/mol. The van der Waals surface area contributed by atoms with Gasteiger partial charge in [-0.2, -0.15) is 5.10 Å². The van der Waals surface area contributed by atoms with E-state index in [2.05, 4.69) is 42.7 Å². The van der Waals surface area contributed by atoms with Crippen molar-refractivity contribution in [1.82, 2.24) is 34.9 Å². The van der Waals surface area contributed by atoms with Gasteiger partial charge in [0.1, 0.15) is 11.5 Å². The molecule has 1 fully saturated rings. The lowest BCUT2D eigenvalue weighted by atomic mass is 10.1. The fourth-order valence-electron chi connectivity index (χ4n) is 4.55. The molecule has 0 saturated carbocycles. The highest BCUT2D eigenvalue weighted by molar-refractivity contribution is 5.79. The van der Waals surface area contributed by atoms with Gasteiger partial charge in [-0.15, -0.1) is 0 Å². The number of aromatic nitrogens is 5. The molecule has 0 atom stereocenters. The van der Waals surface area contributed by atoms with Crippen LogP contribution in [-0.2, 0) is 6.54 Å². The second-order valence-corrected chi connectivity index (χ2v) is 10.7. The monoisotopic (exact) mass is 543 g/mol. The van der Waals surface area contributed by atoms with Crippen molar-refractivity contribution >= 4 is 23.4 Å². The van der Waals surface area contributed by atoms with Gasteiger partial charge in [-0.1, -0.05) is 0 Å². The van der Waals surface area contributed by atoms with Crippen LogP contribution >= 0.6 is 0 Å². The Kier molecular flexibility index (Phi) is 7.63. The van der Waals surface area contributed by atoms with Gasteiger partial charge in [0.25, 0.3) is 0 Å². The van der Waals surface area contributed by atoms with Crippen LogP contribution in [0.25, 0.3) is 22.5 Å². The molecule has 0 aliphatic carbocycles. The molecule has 4 aromatic rings. The molecule has 5 rings (SSSR count). The van der Waals surface area contributed by atoms with Crippen molar-refractivity contribution in [3.05, 3.63) is 67.0 Å². The molecule has 10 nitrogen and oxygen atoms in total. The molecule has 1 aromatic carbocycles. The number of hydrogen-bond donors (Lipinski definition) is 2. The summed E-state index contributed by atoms with van der Waals surface area (Å²) in [5.41, 5.74) is 4.32. The fourth-order valence-corrected chi connectivity index (χ4v) is 4.55. The summed E-state index contributed by atoms with van der Waals surface area (Å²) < 4.78 is 15.7. The summed E-state index contributed by atoms with van der Waals surface area (Å²) >= 11 is 0. The number of benzene rings is 1. The lowest BCUT2D eigenvalue weighted by molar-refractivity contribution is 0.185. The first kappa shape index (κ1) is 27.0. The number of amides is 2. The molecule has 2 amide bonds. The van der Waals surface area contributed by atoms with Crippen LogP contribution in [0.4, 0.5) is 26.5 Å². The second kappa shape index (κ2) is 11.3. The smallest absolute Gasteiger partial charge is 0.317 e. The van der Waals surface area contributed by atoms with Crippen LogP contribution in [0.2, 0.25) is 0 Å². The molecule has 1 aliphatic heterocycles. The van der Waals surface area contributed by atoms with Gasteiger partial charge in [-0.3, -0.25) is 9.67 Å². The third-order valence-corrected chi connectivity index (χ3v) is 6.53. The summed E-state index contributed by atoms with van der Waals surface area (Å²) in [6.45, 7) is 11.5. The topological polar surface area (TPSA) is 104 Å². The largest absolute Gasteiger partial charge is 0.368 e. The number of urea groups is 1. The molecule has 2 N–H and O–H groups in total. The molecular formula is C29H34FN9O. The summed E-state index contributed by atoms with van der Waals surface area (Å²) in [5.74, 6) is 0.0205. The molecule has 11 heteroatoms. The molecule has 208 valence electrons. The van der Waals surface area contributed by atoms with E-state index in [1.807, 2.05) is 57.0 Å². The summed E-state index contributed by atoms with van der Waals surface area (Å²) in [6.07, 6.45) is 6.35. The zero-order chi connectivity index (χ0) is 28.3. The maximum Gasteiger partial charge on any atom is 0.317 e. The van der Waals surface area contributed by atoms with Gasteiger partial charge in [-0.25, -0.2) is 19.2 Å². The van der Waals surface area contributed by atoms with Gasteiger partial charge in [0, 0.05) is 79.4 Å². The normalized spacial score (nSPS) is 13.8. The zero-order valence-corrected chi connectivity index (χ0v) is 23.2. The van der Waals surface area contributed by atoms with Crippen LogP contribution in [0, 0.1) is 5.82 Å². The van der Waals surface area contributed by atoms with Crippen molar-refractivity contribution in [2.24, 2.45) is 0 Å². The third-order valence-electron chi connectivity index (χ3n) is 6.53. The van der Waals surface area contributed by atoms with Gasteiger partial charge in [-0.05, 0) is 64.1 Å². The molecule has 0 spiro atoms. The fraction of sp³-hybridized carbons (Fsp3) is 0.345. The minimum absolute atomic E-state index is 0.0179. The number of nitrogens with zero attached hydrogens (tertiary/aromatic N) is 7. The van der Waals surface area contributed by atoms with Crippen LogP contribution in [-0.4, -0.2) is 67.4 Å². The predicted molar refractivity (Wildman–Crippen MR) is 154 cm³/mol. The standard InChI is InChI=1S/C29H34FN9O/c1-5-39-19-24(26(36-39)20-16-21(30)18-31-17-20)25-10-11-32-27(34-25)33-22-6-8-23(9-7-22)37-12-14-38(15-13-37)28(40)35-29(2,3)4/h6-11,16-19H,5,12-15H2,1-4H3,(H,35,40)(H,32,33,34). The van der Waals surface area contributed by atoms with Crippen LogP contribution in [0.3, 0.4) is 0 Å². The van der Waals surface area contributed by atoms with Crippen molar-refractivity contribution in [2.75, 3.05) is 36.4 Å². The van der Waals surface area contributed by atoms with Gasteiger partial charge >= 0.3 is 6.03 Å². The lowest BCUT2D eigenvalue weighted by Gasteiger charge is -2.37. The summed E-state index contributed by atoms with van der Waals surface area (Å²) in [4.78, 5) is 29.7. The van der Waals surface area contributed by atoms with E-state index < -0.39 is 5.82 Å². The Morgan fingerprint density at radius 2 is 1.80 bits per heavy atom. The van der Waals surface area contributed by atoms with Gasteiger partial charge in [0.2, 0.25) is 5.95 Å². The number of carbonyl (C=O) groups is 1. The minimum atomic E-state index is -0.420. The quantitative estimate of drug-likeness (QED) is 0.355. The Balaban J connectivity index is 1.27. The summed E-state index contributed by atoms with van der Waals surface area (Å²) in [6, 6.07) is 11.3. The van der Waals surface area contributed by atoms with Crippen LogP contribution in [0.5, 0.6) is 0 Å². The van der Waals surface area contributed by atoms with Crippen molar-refractivity contribution in [1.29, 1.82) is 0 Å². The van der Waals surface area contributed by atoms with E-state index in [0.717, 1.165) is 30.0 Å². The van der Waals surface area contributed by atoms with E-state index in [1.165, 1.54) is 12.3 Å². The number of rotatable bonds is 6. The SMILES string of the molecule is CCn1cc(-c2ccnc(Nc3ccc(N4CCN(C(=O)NC(C)(C)C)CC4)cc3)n2)c(-c2cncc(F)c2)n1. The van der Waals surface area contributed by atoms with Crippen molar-refractivity contribution < 1.29 is 9.18 Å². The average Bonchev–Trinajstić information content (AvgIpc) is 3.38. The Morgan fingerprint density at radius 3 is 2.48 bits per heavy atom. The highest BCUT2D eigenvalue weighted by Gasteiger charge is 2.24. The molecule has 1 aliphatic rings. The van der Waals surface area contributed by atoms with Crippen molar-refractivity contribution in [3.8, 4) is 22.5 Å². The molecule has 1 saturated heterocycles. The molecule has 3 aromatic heterocycles. The molecule has 0 unspecified atom stereocenters. The molecule has 0 bridgehead atoms. The molecule has 40 heavy (non-hydrogen) atoms. The van der Waals surface area contributed by atoms with E-state index in [1.54, 1.807) is 17.1 Å². The lowest BCUT2D eigenvalue weighted by Crippen LogP contribution is -2.55. The van der Waals surface area contributed by atoms with Crippen LogP contribution in [0.15, 0.2) is 61.2 Å². The van der Waals surface area contributed by atoms with E-state index >= 15 is 0 Å². The van der Waals surface area contributed by atoms with Gasteiger partial charge in [0.05, 0.1) is 11.9 Å². The maximum atomic E-state index is 13.9. The Hall–Kier alpha value is -4.54. The Labute approximate surface area is 233 Å². The van der Waals surface area contributed by atoms with Gasteiger partial charge < -0.3 is 20.4 Å². The van der Waals surface area contributed by atoms with E-state index in [0.29, 0.717) is 42.5 Å². The molecule has 0 radical (unpaired) electrons. The number of halogens is 1. The Bertz CT molecular complexity index is 1470. The number of nitrogens with one attached hydrogen (secondary N) is 2. The number of hydrogen-bond acceptors (Lipinski definition) is 7. The summed E-state index contributed by atoms with van der Waals surface area (Å²) in [7, 11) is 0. The number of carbonyl (C=O) groups excluding carboxylic acids is 1. The Morgan fingerprint density at radius 1 is 1.05 bits per heavy atom. The maximum absolute atomic E-state index is 13.9. The van der Waals surface area contributed by atoms with Gasteiger partial charge in [0.15, 0.2) is 0 Å². The van der Waals surface area contributed by atoms with Crippen molar-refractivity contribution in [3.63, 3.8) is 0 Å². The van der Waals surface area contributed by atoms with Crippen LogP contribution in [0.1, 0.15) is 27.7 Å². The number of aryl methyl sites for hydroxylation is 1. The third kappa shape index (κ3) is 6.36. The van der Waals surface area contributed by atoms with Crippen molar-refractivity contribution in [2.45, 2.75) is 39.8 Å². The van der Waals surface area contributed by atoms with E-state index in [-0.39, 0.29) is 11.6 Å². The molecular weight excluding hydrogens is 509 g/mol. The first-order valence-electron chi connectivity index (χ1n) is 13.4. The predicted octanol–water partition coefficient (Wildman–Crippen LogP) is 4.93. The number of pyridine rings is 1. The highest BCUT2D eigenvalue weighted by atomic mass is 19.1. The summed E-state index contributed by atoms with van der Waals surface area (Å²) in [5, 5.41) is 10.9. The van der Waals surface area contributed by atoms with Crippen LogP contribution < -0.4 is 15.5 Å². The zero-order valence-electron chi connectivity index (χ0n) is 23.2.